The number of rotatable bonds is 4. The summed E-state index contributed by atoms with van der Waals surface area (Å²) in [6.45, 7) is 1.90. The van der Waals surface area contributed by atoms with E-state index in [-0.39, 0.29) is 5.91 Å². The normalized spacial score (nSPS) is 19.6. The molecule has 2 heterocycles. The van der Waals surface area contributed by atoms with Gasteiger partial charge in [0.05, 0.1) is 0 Å². The highest BCUT2D eigenvalue weighted by molar-refractivity contribution is 5.76. The quantitative estimate of drug-likeness (QED) is 0.775. The van der Waals surface area contributed by atoms with Crippen molar-refractivity contribution in [2.75, 3.05) is 13.1 Å². The van der Waals surface area contributed by atoms with Crippen molar-refractivity contribution in [2.24, 2.45) is 0 Å². The second-order valence-electron chi connectivity index (χ2n) is 4.08. The van der Waals surface area contributed by atoms with Crippen molar-refractivity contribution < 1.29 is 4.79 Å². The van der Waals surface area contributed by atoms with Crippen LogP contribution in [-0.2, 0) is 11.2 Å². The largest absolute Gasteiger partial charge is 0.352 e. The van der Waals surface area contributed by atoms with Crippen molar-refractivity contribution >= 4 is 5.91 Å². The number of pyridine rings is 1. The third-order valence-corrected chi connectivity index (χ3v) is 2.76. The summed E-state index contributed by atoms with van der Waals surface area (Å²) in [5.41, 5.74) is 0.974. The Bertz CT molecular complexity index is 333. The number of aromatic nitrogens is 1. The minimum Gasteiger partial charge on any atom is -0.352 e. The molecule has 0 bridgehead atoms. The zero-order chi connectivity index (χ0) is 11.2. The molecule has 4 heteroatoms. The van der Waals surface area contributed by atoms with Crippen LogP contribution in [0.5, 0.6) is 0 Å². The fraction of sp³-hybridized carbons (Fsp3) is 0.500. The molecule has 2 rings (SSSR count). The molecule has 1 atom stereocenters. The van der Waals surface area contributed by atoms with Crippen LogP contribution in [0.15, 0.2) is 24.4 Å². The average molecular weight is 219 g/mol. The summed E-state index contributed by atoms with van der Waals surface area (Å²) in [7, 11) is 0. The van der Waals surface area contributed by atoms with E-state index in [9.17, 15) is 4.79 Å². The van der Waals surface area contributed by atoms with Crippen molar-refractivity contribution in [2.45, 2.75) is 25.3 Å². The van der Waals surface area contributed by atoms with E-state index in [4.69, 9.17) is 0 Å². The number of carbonyl (C=O) groups is 1. The molecule has 4 nitrogen and oxygen atoms in total. The van der Waals surface area contributed by atoms with Crippen LogP contribution in [0, 0.1) is 0 Å². The molecule has 0 unspecified atom stereocenters. The van der Waals surface area contributed by atoms with E-state index in [0.717, 1.165) is 25.2 Å². The Morgan fingerprint density at radius 2 is 2.50 bits per heavy atom. The summed E-state index contributed by atoms with van der Waals surface area (Å²) in [5, 5.41) is 6.24. The van der Waals surface area contributed by atoms with Crippen molar-refractivity contribution in [1.29, 1.82) is 0 Å². The maximum absolute atomic E-state index is 11.6. The average Bonchev–Trinajstić information content (AvgIpc) is 2.81. The van der Waals surface area contributed by atoms with Crippen LogP contribution in [0.1, 0.15) is 18.5 Å². The Kier molecular flexibility index (Phi) is 3.88. The van der Waals surface area contributed by atoms with Gasteiger partial charge in [-0.2, -0.15) is 0 Å². The summed E-state index contributed by atoms with van der Waals surface area (Å²) in [6, 6.07) is 6.09. The lowest BCUT2D eigenvalue weighted by molar-refractivity contribution is -0.121. The molecule has 0 saturated carbocycles. The molecule has 1 saturated heterocycles. The van der Waals surface area contributed by atoms with Crippen molar-refractivity contribution in [3.05, 3.63) is 30.1 Å². The van der Waals surface area contributed by atoms with Gasteiger partial charge in [-0.3, -0.25) is 9.78 Å². The van der Waals surface area contributed by atoms with Gasteiger partial charge in [0, 0.05) is 30.9 Å². The van der Waals surface area contributed by atoms with Crippen LogP contribution < -0.4 is 10.6 Å². The Hall–Kier alpha value is -1.42. The van der Waals surface area contributed by atoms with E-state index in [1.165, 1.54) is 0 Å². The first kappa shape index (κ1) is 11.1. The molecule has 1 aliphatic rings. The molecule has 0 aliphatic carbocycles. The third kappa shape index (κ3) is 3.31. The summed E-state index contributed by atoms with van der Waals surface area (Å²) in [6.07, 6.45) is 4.03. The Morgan fingerprint density at radius 1 is 1.56 bits per heavy atom. The van der Waals surface area contributed by atoms with Gasteiger partial charge in [0.25, 0.3) is 0 Å². The van der Waals surface area contributed by atoms with Gasteiger partial charge >= 0.3 is 0 Å². The Balaban J connectivity index is 1.71. The van der Waals surface area contributed by atoms with Gasteiger partial charge in [-0.25, -0.2) is 0 Å². The van der Waals surface area contributed by atoms with Crippen molar-refractivity contribution in [1.82, 2.24) is 15.6 Å². The van der Waals surface area contributed by atoms with Crippen LogP contribution in [0.25, 0.3) is 0 Å². The van der Waals surface area contributed by atoms with Gasteiger partial charge in [0.15, 0.2) is 0 Å². The number of hydrogen-bond acceptors (Lipinski definition) is 3. The van der Waals surface area contributed by atoms with Crippen molar-refractivity contribution in [3.63, 3.8) is 0 Å². The van der Waals surface area contributed by atoms with Crippen LogP contribution in [-0.4, -0.2) is 30.0 Å². The summed E-state index contributed by atoms with van der Waals surface area (Å²) < 4.78 is 0. The van der Waals surface area contributed by atoms with E-state index in [2.05, 4.69) is 15.6 Å². The van der Waals surface area contributed by atoms with Gasteiger partial charge in [-0.15, -0.1) is 0 Å². The maximum atomic E-state index is 11.6. The van der Waals surface area contributed by atoms with E-state index < -0.39 is 0 Å². The lowest BCUT2D eigenvalue weighted by atomic mass is 10.2. The standard InChI is InChI=1S/C12H17N3O/c16-12(15-11-6-8-13-9-11)5-4-10-3-1-2-7-14-10/h1-3,7,11,13H,4-6,8-9H2,(H,15,16)/t11-/m1/s1. The minimum absolute atomic E-state index is 0.124. The molecule has 1 aromatic heterocycles. The van der Waals surface area contributed by atoms with Gasteiger partial charge in [-0.1, -0.05) is 6.07 Å². The summed E-state index contributed by atoms with van der Waals surface area (Å²) in [5.74, 6) is 0.124. The molecule has 16 heavy (non-hydrogen) atoms. The van der Waals surface area contributed by atoms with Crippen molar-refractivity contribution in [3.8, 4) is 0 Å². The number of amides is 1. The number of nitrogens with one attached hydrogen (secondary N) is 2. The van der Waals surface area contributed by atoms with Crippen LogP contribution in [0.3, 0.4) is 0 Å². The molecule has 0 spiro atoms. The zero-order valence-corrected chi connectivity index (χ0v) is 9.28. The van der Waals surface area contributed by atoms with Crippen LogP contribution in [0.2, 0.25) is 0 Å². The molecule has 1 amide bonds. The number of hydrogen-bond donors (Lipinski definition) is 2. The molecule has 2 N–H and O–H groups in total. The molecule has 0 aromatic carbocycles. The highest BCUT2D eigenvalue weighted by Gasteiger charge is 2.16. The highest BCUT2D eigenvalue weighted by atomic mass is 16.1. The van der Waals surface area contributed by atoms with Gasteiger partial charge in [-0.05, 0) is 31.5 Å². The van der Waals surface area contributed by atoms with Gasteiger partial charge in [0.1, 0.15) is 0 Å². The molecule has 1 fully saturated rings. The highest BCUT2D eigenvalue weighted by Crippen LogP contribution is 2.01. The number of aryl methyl sites for hydroxylation is 1. The Labute approximate surface area is 95.5 Å². The fourth-order valence-corrected chi connectivity index (χ4v) is 1.87. The van der Waals surface area contributed by atoms with E-state index in [1.54, 1.807) is 6.20 Å². The molecular formula is C12H17N3O. The number of nitrogens with zero attached hydrogens (tertiary/aromatic N) is 1. The van der Waals surface area contributed by atoms with Gasteiger partial charge < -0.3 is 10.6 Å². The number of carbonyl (C=O) groups excluding carboxylic acids is 1. The topological polar surface area (TPSA) is 54.0 Å². The van der Waals surface area contributed by atoms with Gasteiger partial charge in [0.2, 0.25) is 5.91 Å². The first-order valence-corrected chi connectivity index (χ1v) is 5.74. The first-order valence-electron chi connectivity index (χ1n) is 5.74. The zero-order valence-electron chi connectivity index (χ0n) is 9.28. The smallest absolute Gasteiger partial charge is 0.220 e. The Morgan fingerprint density at radius 3 is 3.19 bits per heavy atom. The van der Waals surface area contributed by atoms with Crippen LogP contribution in [0.4, 0.5) is 0 Å². The molecular weight excluding hydrogens is 202 g/mol. The summed E-state index contributed by atoms with van der Waals surface area (Å²) >= 11 is 0. The lowest BCUT2D eigenvalue weighted by Gasteiger charge is -2.10. The molecule has 1 aromatic rings. The van der Waals surface area contributed by atoms with E-state index in [1.807, 2.05) is 18.2 Å². The monoisotopic (exact) mass is 219 g/mol. The SMILES string of the molecule is O=C(CCc1ccccn1)N[C@@H]1CCNC1. The molecule has 1 aliphatic heterocycles. The second kappa shape index (κ2) is 5.61. The third-order valence-electron chi connectivity index (χ3n) is 2.76. The fourth-order valence-electron chi connectivity index (χ4n) is 1.87. The molecule has 86 valence electrons. The maximum Gasteiger partial charge on any atom is 0.220 e. The van der Waals surface area contributed by atoms with E-state index >= 15 is 0 Å². The summed E-state index contributed by atoms with van der Waals surface area (Å²) in [4.78, 5) is 15.8. The predicted octanol–water partition coefficient (Wildman–Crippen LogP) is 0.492. The van der Waals surface area contributed by atoms with E-state index in [0.29, 0.717) is 18.9 Å². The lowest BCUT2D eigenvalue weighted by Crippen LogP contribution is -2.36. The second-order valence-corrected chi connectivity index (χ2v) is 4.08. The molecule has 0 radical (unpaired) electrons. The minimum atomic E-state index is 0.124. The van der Waals surface area contributed by atoms with Crippen LogP contribution >= 0.6 is 0 Å². The predicted molar refractivity (Wildman–Crippen MR) is 62.0 cm³/mol. The first-order chi connectivity index (χ1) is 7.84.